The van der Waals surface area contributed by atoms with Gasteiger partial charge in [-0.25, -0.2) is 4.79 Å². The smallest absolute Gasteiger partial charge is 0.324 e. The first-order valence-corrected chi connectivity index (χ1v) is 8.52. The molecule has 1 aliphatic rings. The summed E-state index contributed by atoms with van der Waals surface area (Å²) in [4.78, 5) is 37.0. The lowest BCUT2D eigenvalue weighted by molar-refractivity contribution is -0.156. The minimum atomic E-state index is -0.998. The molecule has 1 aliphatic heterocycles. The predicted octanol–water partition coefficient (Wildman–Crippen LogP) is 1.18. The molecule has 2 heterocycles. The lowest BCUT2D eigenvalue weighted by atomic mass is 10.1. The number of imide groups is 1. The Bertz CT molecular complexity index is 680. The molecule has 0 radical (unpaired) electrons. The summed E-state index contributed by atoms with van der Waals surface area (Å²) < 4.78 is 7.12. The summed E-state index contributed by atoms with van der Waals surface area (Å²) >= 11 is 0. The summed E-state index contributed by atoms with van der Waals surface area (Å²) in [7, 11) is 0. The Morgan fingerprint density at radius 1 is 1.28 bits per heavy atom. The number of amides is 3. The van der Waals surface area contributed by atoms with Crippen LogP contribution in [0, 0.1) is 19.8 Å². The van der Waals surface area contributed by atoms with Gasteiger partial charge in [0.2, 0.25) is 0 Å². The minimum Gasteiger partial charge on any atom is -0.452 e. The lowest BCUT2D eigenvalue weighted by Crippen LogP contribution is -2.42. The monoisotopic (exact) mass is 350 g/mol. The fraction of sp³-hybridized carbons (Fsp3) is 0.647. The van der Waals surface area contributed by atoms with Crippen molar-refractivity contribution in [3.8, 4) is 0 Å². The maximum atomic E-state index is 12.2. The maximum Gasteiger partial charge on any atom is 0.324 e. The van der Waals surface area contributed by atoms with Crippen molar-refractivity contribution in [2.75, 3.05) is 13.1 Å². The number of ether oxygens (including phenoxy) is 1. The van der Waals surface area contributed by atoms with Crippen molar-refractivity contribution >= 4 is 17.9 Å². The molecule has 0 saturated carbocycles. The molecular weight excluding hydrogens is 324 g/mol. The third-order valence-corrected chi connectivity index (χ3v) is 4.17. The van der Waals surface area contributed by atoms with E-state index in [9.17, 15) is 14.4 Å². The Hall–Kier alpha value is -2.38. The molecule has 0 aromatic carbocycles. The Kier molecular flexibility index (Phi) is 5.81. The summed E-state index contributed by atoms with van der Waals surface area (Å²) in [5.41, 5.74) is 2.54. The summed E-state index contributed by atoms with van der Waals surface area (Å²) in [5.74, 6) is -0.565. The fourth-order valence-corrected chi connectivity index (χ4v) is 2.85. The van der Waals surface area contributed by atoms with Crippen molar-refractivity contribution in [2.45, 2.75) is 53.7 Å². The number of hydrogen-bond donors (Lipinski definition) is 1. The molecule has 2 rings (SSSR count). The predicted molar refractivity (Wildman–Crippen MR) is 90.9 cm³/mol. The summed E-state index contributed by atoms with van der Waals surface area (Å²) in [6.07, 6.45) is -0.942. The van der Waals surface area contributed by atoms with Gasteiger partial charge in [-0.1, -0.05) is 13.8 Å². The molecule has 1 aromatic rings. The largest absolute Gasteiger partial charge is 0.452 e. The lowest BCUT2D eigenvalue weighted by Gasteiger charge is -2.18. The van der Waals surface area contributed by atoms with Crippen LogP contribution in [0.15, 0.2) is 0 Å². The first-order valence-electron chi connectivity index (χ1n) is 8.52. The number of rotatable bonds is 6. The highest BCUT2D eigenvalue weighted by atomic mass is 16.5. The van der Waals surface area contributed by atoms with Gasteiger partial charge in [-0.2, -0.15) is 5.10 Å². The molecule has 1 atom stereocenters. The number of aromatic nitrogens is 2. The first kappa shape index (κ1) is 19.0. The van der Waals surface area contributed by atoms with Crippen LogP contribution in [-0.2, 0) is 27.3 Å². The van der Waals surface area contributed by atoms with E-state index in [2.05, 4.69) is 24.3 Å². The van der Waals surface area contributed by atoms with Gasteiger partial charge in [0, 0.05) is 30.9 Å². The van der Waals surface area contributed by atoms with Gasteiger partial charge in [-0.05, 0) is 26.7 Å². The average Bonchev–Trinajstić information content (AvgIpc) is 3.05. The van der Waals surface area contributed by atoms with E-state index >= 15 is 0 Å². The molecule has 8 nitrogen and oxygen atoms in total. The van der Waals surface area contributed by atoms with Gasteiger partial charge in [0.25, 0.3) is 5.91 Å². The van der Waals surface area contributed by atoms with Crippen LogP contribution in [0.1, 0.15) is 37.7 Å². The summed E-state index contributed by atoms with van der Waals surface area (Å²) in [5, 5.41) is 7.02. The van der Waals surface area contributed by atoms with Crippen molar-refractivity contribution in [2.24, 2.45) is 5.92 Å². The van der Waals surface area contributed by atoms with Crippen LogP contribution in [0.2, 0.25) is 0 Å². The molecule has 0 spiro atoms. The second-order valence-corrected chi connectivity index (χ2v) is 6.76. The Morgan fingerprint density at radius 3 is 2.52 bits per heavy atom. The third-order valence-electron chi connectivity index (χ3n) is 4.17. The number of carbonyl (C=O) groups excluding carboxylic acids is 3. The number of esters is 1. The van der Waals surface area contributed by atoms with Crippen molar-refractivity contribution in [3.63, 3.8) is 0 Å². The molecule has 0 aliphatic carbocycles. The fourth-order valence-electron chi connectivity index (χ4n) is 2.85. The van der Waals surface area contributed by atoms with Gasteiger partial charge in [0.1, 0.15) is 0 Å². The number of nitrogens with one attached hydrogen (secondary N) is 1. The van der Waals surface area contributed by atoms with Crippen molar-refractivity contribution in [3.05, 3.63) is 17.0 Å². The molecule has 1 fully saturated rings. The highest BCUT2D eigenvalue weighted by Crippen LogP contribution is 2.16. The normalized spacial score (nSPS) is 15.4. The van der Waals surface area contributed by atoms with Crippen LogP contribution in [0.25, 0.3) is 0 Å². The maximum absolute atomic E-state index is 12.2. The van der Waals surface area contributed by atoms with Gasteiger partial charge < -0.3 is 10.1 Å². The van der Waals surface area contributed by atoms with Gasteiger partial charge in [-0.3, -0.25) is 19.2 Å². The second kappa shape index (κ2) is 7.67. The summed E-state index contributed by atoms with van der Waals surface area (Å²) in [6, 6.07) is -0.449. The topological polar surface area (TPSA) is 93.5 Å². The number of carbonyl (C=O) groups is 3. The van der Waals surface area contributed by atoms with E-state index in [1.54, 1.807) is 0 Å². The third kappa shape index (κ3) is 4.37. The molecule has 0 bridgehead atoms. The van der Waals surface area contributed by atoms with Crippen molar-refractivity contribution < 1.29 is 19.1 Å². The molecular formula is C17H26N4O4. The van der Waals surface area contributed by atoms with Crippen LogP contribution in [0.3, 0.4) is 0 Å². The van der Waals surface area contributed by atoms with E-state index in [0.29, 0.717) is 19.0 Å². The molecule has 8 heteroatoms. The zero-order valence-electron chi connectivity index (χ0n) is 15.5. The standard InChI is InChI=1S/C17H26N4O4/c1-10(2)9-21-12(4)14(11(3)19-21)8-15(22)25-13(5)16(23)20-7-6-18-17(20)24/h10,13H,6-9H2,1-5H3,(H,18,24)/t13-/m1/s1. The Labute approximate surface area is 147 Å². The van der Waals surface area contributed by atoms with Crippen LogP contribution < -0.4 is 5.32 Å². The highest BCUT2D eigenvalue weighted by Gasteiger charge is 2.31. The second-order valence-electron chi connectivity index (χ2n) is 6.76. The number of urea groups is 1. The van der Waals surface area contributed by atoms with Gasteiger partial charge in [0.05, 0.1) is 12.1 Å². The molecule has 138 valence electrons. The van der Waals surface area contributed by atoms with E-state index in [0.717, 1.165) is 28.4 Å². The van der Waals surface area contributed by atoms with Crippen LogP contribution in [0.5, 0.6) is 0 Å². The molecule has 0 unspecified atom stereocenters. The van der Waals surface area contributed by atoms with Gasteiger partial charge in [-0.15, -0.1) is 0 Å². The van der Waals surface area contributed by atoms with Crippen molar-refractivity contribution in [1.82, 2.24) is 20.0 Å². The van der Waals surface area contributed by atoms with Crippen molar-refractivity contribution in [1.29, 1.82) is 0 Å². The summed E-state index contributed by atoms with van der Waals surface area (Å²) in [6.45, 7) is 11.0. The van der Waals surface area contributed by atoms with Crippen LogP contribution >= 0.6 is 0 Å². The number of hydrogen-bond acceptors (Lipinski definition) is 5. The molecule has 1 saturated heterocycles. The van der Waals surface area contributed by atoms with Gasteiger partial charge >= 0.3 is 12.0 Å². The number of aryl methyl sites for hydroxylation is 1. The molecule has 3 amide bonds. The van der Waals surface area contributed by atoms with E-state index < -0.39 is 24.0 Å². The van der Waals surface area contributed by atoms with Gasteiger partial charge in [0.15, 0.2) is 6.10 Å². The number of nitrogens with zero attached hydrogens (tertiary/aromatic N) is 3. The Morgan fingerprint density at radius 2 is 1.96 bits per heavy atom. The van der Waals surface area contributed by atoms with E-state index in [-0.39, 0.29) is 6.42 Å². The van der Waals surface area contributed by atoms with Crippen LogP contribution in [-0.4, -0.2) is 51.8 Å². The average molecular weight is 350 g/mol. The first-order chi connectivity index (χ1) is 11.7. The van der Waals surface area contributed by atoms with E-state index in [4.69, 9.17) is 4.74 Å². The molecule has 1 N–H and O–H groups in total. The Balaban J connectivity index is 1.99. The molecule has 1 aromatic heterocycles. The molecule has 25 heavy (non-hydrogen) atoms. The van der Waals surface area contributed by atoms with E-state index in [1.165, 1.54) is 6.92 Å². The quantitative estimate of drug-likeness (QED) is 0.778. The zero-order chi connectivity index (χ0) is 18.7. The van der Waals surface area contributed by atoms with E-state index in [1.807, 2.05) is 18.5 Å². The minimum absolute atomic E-state index is 0.0551. The van der Waals surface area contributed by atoms with Crippen LogP contribution in [0.4, 0.5) is 4.79 Å². The highest BCUT2D eigenvalue weighted by molar-refractivity contribution is 5.98. The zero-order valence-corrected chi connectivity index (χ0v) is 15.5. The SMILES string of the molecule is Cc1nn(CC(C)C)c(C)c1CC(=O)O[C@H](C)C(=O)N1CCNC1=O.